The normalized spacial score (nSPS) is 21.2. The molecule has 1 saturated heterocycles. The van der Waals surface area contributed by atoms with Gasteiger partial charge < -0.3 is 10.0 Å². The molecule has 0 spiro atoms. The summed E-state index contributed by atoms with van der Waals surface area (Å²) in [5, 5.41) is 9.65. The van der Waals surface area contributed by atoms with E-state index >= 15 is 0 Å². The maximum absolute atomic E-state index is 12.4. The lowest BCUT2D eigenvalue weighted by molar-refractivity contribution is -0.140. The summed E-state index contributed by atoms with van der Waals surface area (Å²) in [6, 6.07) is 7.85. The van der Waals surface area contributed by atoms with Crippen molar-refractivity contribution >= 4 is 57.6 Å². The van der Waals surface area contributed by atoms with Crippen LogP contribution in [0.3, 0.4) is 0 Å². The molecule has 108 valence electrons. The van der Waals surface area contributed by atoms with E-state index in [0.29, 0.717) is 4.91 Å². The topological polar surface area (TPSA) is 60.9 Å². The fourth-order valence-corrected chi connectivity index (χ4v) is 4.68. The highest BCUT2D eigenvalue weighted by Crippen LogP contribution is 2.49. The summed E-state index contributed by atoms with van der Waals surface area (Å²) in [6.07, 6.45) is 0. The molecule has 0 aliphatic carbocycles. The summed E-state index contributed by atoms with van der Waals surface area (Å²) in [5.41, 5.74) is 1.03. The Balaban J connectivity index is 1.97. The van der Waals surface area contributed by atoms with E-state index in [2.05, 4.69) is 0 Å². The van der Waals surface area contributed by atoms with Crippen LogP contribution in [0.5, 0.6) is 0 Å². The number of carbonyl (C=O) groups excluding carboxylic acids is 1. The van der Waals surface area contributed by atoms with Crippen LogP contribution in [0, 0.1) is 0 Å². The molecule has 1 aromatic carbocycles. The summed E-state index contributed by atoms with van der Waals surface area (Å²) in [5.74, 6) is -1.41. The van der Waals surface area contributed by atoms with Gasteiger partial charge >= 0.3 is 5.97 Å². The zero-order valence-electron chi connectivity index (χ0n) is 10.9. The van der Waals surface area contributed by atoms with Crippen molar-refractivity contribution in [3.05, 3.63) is 34.2 Å². The molecule has 1 aromatic rings. The summed E-state index contributed by atoms with van der Waals surface area (Å²) in [7, 11) is 1.89. The van der Waals surface area contributed by atoms with Crippen molar-refractivity contribution in [3.8, 4) is 0 Å². The van der Waals surface area contributed by atoms with Gasteiger partial charge in [-0.25, -0.2) is 0 Å². The van der Waals surface area contributed by atoms with Crippen LogP contribution in [0.25, 0.3) is 0 Å². The summed E-state index contributed by atoms with van der Waals surface area (Å²) in [6.45, 7) is -0.400. The molecule has 21 heavy (non-hydrogen) atoms. The number of para-hydroxylation sites is 1. The lowest BCUT2D eigenvalue weighted by Gasteiger charge is -2.15. The largest absolute Gasteiger partial charge is 0.480 e. The fourth-order valence-electron chi connectivity index (χ4n) is 2.10. The molecular formula is C13H10N2O3S3. The van der Waals surface area contributed by atoms with Crippen molar-refractivity contribution in [3.63, 3.8) is 0 Å². The van der Waals surface area contributed by atoms with Gasteiger partial charge in [0.2, 0.25) is 0 Å². The molecular weight excluding hydrogens is 328 g/mol. The van der Waals surface area contributed by atoms with Gasteiger partial charge in [-0.15, -0.1) is 0 Å². The van der Waals surface area contributed by atoms with E-state index in [9.17, 15) is 9.59 Å². The molecule has 0 saturated carbocycles. The Morgan fingerprint density at radius 1 is 1.33 bits per heavy atom. The monoisotopic (exact) mass is 338 g/mol. The lowest BCUT2D eigenvalue weighted by Crippen LogP contribution is -2.33. The first kappa shape index (κ1) is 14.4. The number of fused-ring (bicyclic) bond motifs is 1. The van der Waals surface area contributed by atoms with E-state index < -0.39 is 12.5 Å². The van der Waals surface area contributed by atoms with Crippen molar-refractivity contribution in [1.82, 2.24) is 4.90 Å². The second kappa shape index (κ2) is 5.36. The number of benzene rings is 1. The minimum absolute atomic E-state index is 0.287. The number of carbonyl (C=O) groups is 2. The summed E-state index contributed by atoms with van der Waals surface area (Å²) >= 11 is 7.77. The molecule has 0 unspecified atom stereocenters. The van der Waals surface area contributed by atoms with Gasteiger partial charge in [-0.3, -0.25) is 14.5 Å². The zero-order valence-corrected chi connectivity index (χ0v) is 13.3. The number of carboxylic acids is 1. The highest BCUT2D eigenvalue weighted by molar-refractivity contribution is 8.27. The van der Waals surface area contributed by atoms with E-state index in [-0.39, 0.29) is 10.2 Å². The van der Waals surface area contributed by atoms with Crippen LogP contribution in [-0.4, -0.2) is 39.8 Å². The van der Waals surface area contributed by atoms with Crippen LogP contribution in [-0.2, 0) is 9.59 Å². The van der Waals surface area contributed by atoms with Crippen LogP contribution in [0.2, 0.25) is 0 Å². The van der Waals surface area contributed by atoms with Gasteiger partial charge in [0.25, 0.3) is 5.91 Å². The molecule has 8 heteroatoms. The lowest BCUT2D eigenvalue weighted by atomic mass is 10.3. The third-order valence-electron chi connectivity index (χ3n) is 3.07. The molecule has 1 fully saturated rings. The molecule has 0 bridgehead atoms. The van der Waals surface area contributed by atoms with Gasteiger partial charge in [0.1, 0.15) is 15.8 Å². The Hall–Kier alpha value is -1.51. The smallest absolute Gasteiger partial charge is 0.323 e. The number of carboxylic acid groups (broad SMARTS) is 1. The Labute approximate surface area is 135 Å². The number of nitrogens with zero attached hydrogens (tertiary/aromatic N) is 2. The Morgan fingerprint density at radius 2 is 2.05 bits per heavy atom. The maximum Gasteiger partial charge on any atom is 0.323 e. The number of amides is 1. The summed E-state index contributed by atoms with van der Waals surface area (Å²) in [4.78, 5) is 27.8. The number of aliphatic carboxylic acids is 1. The van der Waals surface area contributed by atoms with Crippen LogP contribution in [0.4, 0.5) is 5.69 Å². The van der Waals surface area contributed by atoms with E-state index in [1.807, 2.05) is 36.2 Å². The first-order chi connectivity index (χ1) is 9.99. The predicted molar refractivity (Wildman–Crippen MR) is 87.3 cm³/mol. The van der Waals surface area contributed by atoms with E-state index in [1.54, 1.807) is 0 Å². The van der Waals surface area contributed by atoms with Crippen molar-refractivity contribution < 1.29 is 14.7 Å². The van der Waals surface area contributed by atoms with Crippen LogP contribution >= 0.6 is 35.7 Å². The molecule has 2 aliphatic heterocycles. The fraction of sp³-hybridized carbons (Fsp3) is 0.154. The summed E-state index contributed by atoms with van der Waals surface area (Å²) < 4.78 is 0.287. The highest BCUT2D eigenvalue weighted by Gasteiger charge is 2.38. The van der Waals surface area contributed by atoms with Crippen LogP contribution in [0.1, 0.15) is 0 Å². The van der Waals surface area contributed by atoms with Crippen LogP contribution < -0.4 is 4.90 Å². The highest BCUT2D eigenvalue weighted by atomic mass is 32.2. The molecule has 2 heterocycles. The zero-order chi connectivity index (χ0) is 15.1. The Bertz CT molecular complexity index is 702. The number of thioether (sulfide) groups is 2. The number of hydrogen-bond acceptors (Lipinski definition) is 6. The first-order valence-electron chi connectivity index (χ1n) is 5.99. The van der Waals surface area contributed by atoms with Crippen molar-refractivity contribution in [2.45, 2.75) is 4.90 Å². The molecule has 0 radical (unpaired) electrons. The second-order valence-electron chi connectivity index (χ2n) is 4.42. The van der Waals surface area contributed by atoms with Crippen molar-refractivity contribution in [2.75, 3.05) is 18.5 Å². The van der Waals surface area contributed by atoms with Gasteiger partial charge in [-0.2, -0.15) is 0 Å². The minimum Gasteiger partial charge on any atom is -0.480 e. The Morgan fingerprint density at radius 3 is 2.71 bits per heavy atom. The van der Waals surface area contributed by atoms with E-state index in [0.717, 1.165) is 32.3 Å². The molecule has 2 aliphatic rings. The van der Waals surface area contributed by atoms with Crippen LogP contribution in [0.15, 0.2) is 39.1 Å². The third kappa shape index (κ3) is 2.43. The molecule has 0 aromatic heterocycles. The van der Waals surface area contributed by atoms with Crippen molar-refractivity contribution in [1.29, 1.82) is 0 Å². The third-order valence-corrected chi connectivity index (χ3v) is 5.88. The Kier molecular flexibility index (Phi) is 3.68. The van der Waals surface area contributed by atoms with E-state index in [4.69, 9.17) is 17.3 Å². The SMILES string of the molecule is CN1/C(=C2/SC(=S)N(CC(=O)O)C2=O)Sc2ccccc21. The van der Waals surface area contributed by atoms with Gasteiger partial charge in [0, 0.05) is 11.9 Å². The average molecular weight is 338 g/mol. The number of hydrogen-bond donors (Lipinski definition) is 1. The average Bonchev–Trinajstić information content (AvgIpc) is 2.91. The minimum atomic E-state index is -1.08. The predicted octanol–water partition coefficient (Wildman–Crippen LogP) is 2.34. The van der Waals surface area contributed by atoms with Gasteiger partial charge in [-0.1, -0.05) is 47.9 Å². The molecule has 0 atom stereocenters. The molecule has 1 N–H and O–H groups in total. The van der Waals surface area contributed by atoms with Gasteiger partial charge in [0.05, 0.1) is 10.7 Å². The number of thiocarbonyl (C=S) groups is 1. The number of anilines is 1. The van der Waals surface area contributed by atoms with Crippen molar-refractivity contribution in [2.24, 2.45) is 0 Å². The maximum atomic E-state index is 12.4. The second-order valence-corrected chi connectivity index (χ2v) is 7.09. The van der Waals surface area contributed by atoms with Gasteiger partial charge in [-0.05, 0) is 12.1 Å². The van der Waals surface area contributed by atoms with Gasteiger partial charge in [0.15, 0.2) is 0 Å². The van der Waals surface area contributed by atoms with E-state index in [1.165, 1.54) is 11.8 Å². The quantitative estimate of drug-likeness (QED) is 0.656. The first-order valence-corrected chi connectivity index (χ1v) is 8.03. The molecule has 5 nitrogen and oxygen atoms in total. The number of rotatable bonds is 2. The standard InChI is InChI=1S/C13H10N2O3S3/c1-14-7-4-2-3-5-8(7)20-12(14)10-11(18)15(6-9(16)17)13(19)21-10/h2-5H,6H2,1H3,(H,16,17)/b12-10-. The molecule has 3 rings (SSSR count). The molecule has 1 amide bonds.